The number of benzene rings is 1. The van der Waals surface area contributed by atoms with E-state index >= 15 is 0 Å². The maximum Gasteiger partial charge on any atom is 0.276 e. The van der Waals surface area contributed by atoms with Crippen LogP contribution in [0.4, 0.5) is 0 Å². The SMILES string of the molecule is Cn1cc([C@@H]2CN(C(=O)c3cc(-c4ccc(Cl)cc4)on3)C[C@H]2NC(=O)CCl)cn1. The van der Waals surface area contributed by atoms with E-state index in [1.807, 2.05) is 13.2 Å². The molecule has 4 rings (SSSR count). The molecule has 0 aliphatic carbocycles. The van der Waals surface area contributed by atoms with Crippen LogP contribution in [-0.4, -0.2) is 56.7 Å². The van der Waals surface area contributed by atoms with Crippen LogP contribution in [0.25, 0.3) is 11.3 Å². The zero-order valence-corrected chi connectivity index (χ0v) is 17.6. The molecule has 1 aliphatic heterocycles. The lowest BCUT2D eigenvalue weighted by Crippen LogP contribution is -2.41. The Bertz CT molecular complexity index is 1060. The number of carbonyl (C=O) groups excluding carboxylic acids is 2. The minimum atomic E-state index is -0.281. The van der Waals surface area contributed by atoms with Crippen LogP contribution < -0.4 is 5.32 Å². The molecule has 0 unspecified atom stereocenters. The highest BCUT2D eigenvalue weighted by molar-refractivity contribution is 6.30. The van der Waals surface area contributed by atoms with Crippen molar-refractivity contribution in [3.05, 3.63) is 59.0 Å². The van der Waals surface area contributed by atoms with Gasteiger partial charge in [0.2, 0.25) is 5.91 Å². The molecule has 10 heteroatoms. The average molecular weight is 448 g/mol. The third-order valence-electron chi connectivity index (χ3n) is 5.09. The smallest absolute Gasteiger partial charge is 0.276 e. The normalized spacial score (nSPS) is 18.6. The summed E-state index contributed by atoms with van der Waals surface area (Å²) in [6.45, 7) is 0.755. The Balaban J connectivity index is 1.54. The lowest BCUT2D eigenvalue weighted by molar-refractivity contribution is -0.119. The van der Waals surface area contributed by atoms with Crippen LogP contribution in [0.3, 0.4) is 0 Å². The standard InChI is InChI=1S/C20H19Cl2N5O3/c1-26-9-13(8-23-26)15-10-27(11-17(15)24-19(28)7-21)20(29)16-6-18(30-25-16)12-2-4-14(22)5-3-12/h2-6,8-9,15,17H,7,10-11H2,1H3,(H,24,28)/t15-,17+/m0/s1. The van der Waals surface area contributed by atoms with Crippen molar-refractivity contribution in [3.8, 4) is 11.3 Å². The minimum absolute atomic E-state index is 0.0996. The molecule has 2 aromatic heterocycles. The van der Waals surface area contributed by atoms with Gasteiger partial charge in [0.25, 0.3) is 5.91 Å². The van der Waals surface area contributed by atoms with Gasteiger partial charge in [-0.2, -0.15) is 5.10 Å². The summed E-state index contributed by atoms with van der Waals surface area (Å²) in [4.78, 5) is 26.6. The van der Waals surface area contributed by atoms with Gasteiger partial charge in [0.05, 0.1) is 12.2 Å². The molecule has 156 valence electrons. The maximum absolute atomic E-state index is 13.1. The van der Waals surface area contributed by atoms with Gasteiger partial charge in [-0.1, -0.05) is 16.8 Å². The Morgan fingerprint density at radius 2 is 2.03 bits per heavy atom. The Morgan fingerprint density at radius 1 is 1.27 bits per heavy atom. The van der Waals surface area contributed by atoms with Crippen LogP contribution in [0.15, 0.2) is 47.2 Å². The summed E-state index contributed by atoms with van der Waals surface area (Å²) in [6, 6.07) is 8.40. The molecule has 2 atom stereocenters. The van der Waals surface area contributed by atoms with Crippen LogP contribution >= 0.6 is 23.2 Å². The predicted octanol–water partition coefficient (Wildman–Crippen LogP) is 2.69. The van der Waals surface area contributed by atoms with Gasteiger partial charge >= 0.3 is 0 Å². The number of aromatic nitrogens is 3. The van der Waals surface area contributed by atoms with E-state index in [2.05, 4.69) is 15.6 Å². The first-order valence-corrected chi connectivity index (χ1v) is 10.2. The molecule has 0 radical (unpaired) electrons. The monoisotopic (exact) mass is 447 g/mol. The number of nitrogens with one attached hydrogen (secondary N) is 1. The quantitative estimate of drug-likeness (QED) is 0.606. The Morgan fingerprint density at radius 3 is 2.70 bits per heavy atom. The highest BCUT2D eigenvalue weighted by Gasteiger charge is 2.38. The lowest BCUT2D eigenvalue weighted by Gasteiger charge is -2.17. The van der Waals surface area contributed by atoms with Crippen LogP contribution in [0.5, 0.6) is 0 Å². The van der Waals surface area contributed by atoms with Gasteiger partial charge in [-0.25, -0.2) is 0 Å². The molecule has 0 bridgehead atoms. The fraction of sp³-hybridized carbons (Fsp3) is 0.300. The Labute approximate surface area is 182 Å². The number of hydrogen-bond donors (Lipinski definition) is 1. The van der Waals surface area contributed by atoms with Crippen LogP contribution in [0, 0.1) is 0 Å². The minimum Gasteiger partial charge on any atom is -0.355 e. The number of halogens is 2. The molecule has 3 heterocycles. The van der Waals surface area contributed by atoms with Crippen molar-refractivity contribution < 1.29 is 14.1 Å². The third-order valence-corrected chi connectivity index (χ3v) is 5.58. The lowest BCUT2D eigenvalue weighted by atomic mass is 9.97. The average Bonchev–Trinajstić information content (AvgIpc) is 3.47. The van der Waals surface area contributed by atoms with Crippen molar-refractivity contribution in [1.82, 2.24) is 25.2 Å². The summed E-state index contributed by atoms with van der Waals surface area (Å²) >= 11 is 11.6. The largest absolute Gasteiger partial charge is 0.355 e. The van der Waals surface area contributed by atoms with Gasteiger partial charge in [0, 0.05) is 48.9 Å². The molecule has 30 heavy (non-hydrogen) atoms. The van der Waals surface area contributed by atoms with Crippen LogP contribution in [-0.2, 0) is 11.8 Å². The molecular weight excluding hydrogens is 429 g/mol. The summed E-state index contributed by atoms with van der Waals surface area (Å²) in [6.07, 6.45) is 3.63. The Kier molecular flexibility index (Phi) is 5.78. The maximum atomic E-state index is 13.1. The van der Waals surface area contributed by atoms with E-state index in [4.69, 9.17) is 27.7 Å². The zero-order chi connectivity index (χ0) is 21.3. The van der Waals surface area contributed by atoms with Crippen molar-refractivity contribution in [3.63, 3.8) is 0 Å². The second-order valence-corrected chi connectivity index (χ2v) is 7.86. The first-order chi connectivity index (χ1) is 14.4. The fourth-order valence-corrected chi connectivity index (χ4v) is 3.82. The fourth-order valence-electron chi connectivity index (χ4n) is 3.62. The third kappa shape index (κ3) is 4.20. The number of rotatable bonds is 5. The molecule has 1 fully saturated rings. The van der Waals surface area contributed by atoms with Crippen LogP contribution in [0.2, 0.25) is 5.02 Å². The molecule has 1 N–H and O–H groups in total. The molecule has 2 amide bonds. The van der Waals surface area contributed by atoms with E-state index < -0.39 is 0 Å². The van der Waals surface area contributed by atoms with Crippen molar-refractivity contribution in [1.29, 1.82) is 0 Å². The van der Waals surface area contributed by atoms with Gasteiger partial charge in [-0.15, -0.1) is 11.6 Å². The second kappa shape index (κ2) is 8.49. The van der Waals surface area contributed by atoms with Crippen molar-refractivity contribution in [2.24, 2.45) is 7.05 Å². The number of amides is 2. The summed E-state index contributed by atoms with van der Waals surface area (Å²) in [7, 11) is 1.82. The van der Waals surface area contributed by atoms with Gasteiger partial charge in [0.1, 0.15) is 5.88 Å². The highest BCUT2D eigenvalue weighted by atomic mass is 35.5. The first-order valence-electron chi connectivity index (χ1n) is 9.30. The van der Waals surface area contributed by atoms with Crippen molar-refractivity contribution in [2.45, 2.75) is 12.0 Å². The van der Waals surface area contributed by atoms with Crippen molar-refractivity contribution in [2.75, 3.05) is 19.0 Å². The summed E-state index contributed by atoms with van der Waals surface area (Å²) in [5, 5.41) is 11.7. The van der Waals surface area contributed by atoms with Crippen LogP contribution in [0.1, 0.15) is 22.0 Å². The zero-order valence-electron chi connectivity index (χ0n) is 16.1. The molecule has 1 aliphatic rings. The number of hydrogen-bond acceptors (Lipinski definition) is 5. The topological polar surface area (TPSA) is 93.3 Å². The molecule has 1 saturated heterocycles. The summed E-state index contributed by atoms with van der Waals surface area (Å²) in [5.41, 5.74) is 1.91. The van der Waals surface area contributed by atoms with Gasteiger partial charge in [0.15, 0.2) is 11.5 Å². The Hall–Kier alpha value is -2.84. The predicted molar refractivity (Wildman–Crippen MR) is 111 cm³/mol. The van der Waals surface area contributed by atoms with Gasteiger partial charge in [-0.05, 0) is 29.8 Å². The molecule has 8 nitrogen and oxygen atoms in total. The first kappa shape index (κ1) is 20.4. The molecular formula is C20H19Cl2N5O3. The van der Waals surface area contributed by atoms with Gasteiger partial charge in [-0.3, -0.25) is 14.3 Å². The van der Waals surface area contributed by atoms with E-state index in [1.165, 1.54) is 0 Å². The number of aryl methyl sites for hydroxylation is 1. The number of alkyl halides is 1. The van der Waals surface area contributed by atoms with E-state index in [-0.39, 0.29) is 35.3 Å². The molecule has 1 aromatic carbocycles. The highest BCUT2D eigenvalue weighted by Crippen LogP contribution is 2.29. The molecule has 0 spiro atoms. The van der Waals surface area contributed by atoms with E-state index in [1.54, 1.807) is 46.1 Å². The summed E-state index contributed by atoms with van der Waals surface area (Å²) < 4.78 is 7.04. The number of likely N-dealkylation sites (tertiary alicyclic amines) is 1. The van der Waals surface area contributed by atoms with Crippen molar-refractivity contribution >= 4 is 35.0 Å². The number of carbonyl (C=O) groups is 2. The molecule has 3 aromatic rings. The number of nitrogens with zero attached hydrogens (tertiary/aromatic N) is 4. The molecule has 0 saturated carbocycles. The van der Waals surface area contributed by atoms with E-state index in [0.717, 1.165) is 11.1 Å². The van der Waals surface area contributed by atoms with E-state index in [0.29, 0.717) is 23.9 Å². The summed E-state index contributed by atoms with van der Waals surface area (Å²) in [5.74, 6) is -0.313. The van der Waals surface area contributed by atoms with Gasteiger partial charge < -0.3 is 14.7 Å². The van der Waals surface area contributed by atoms with E-state index in [9.17, 15) is 9.59 Å². The second-order valence-electron chi connectivity index (χ2n) is 7.15.